The molecule has 0 bridgehead atoms. The lowest BCUT2D eigenvalue weighted by Crippen LogP contribution is -2.27. The van der Waals surface area contributed by atoms with Crippen LogP contribution in [0.1, 0.15) is 11.4 Å². The lowest BCUT2D eigenvalue weighted by molar-refractivity contribution is 0.481. The van der Waals surface area contributed by atoms with E-state index < -0.39 is 26.6 Å². The fourth-order valence-electron chi connectivity index (χ4n) is 1.66. The van der Waals surface area contributed by atoms with Crippen LogP contribution in [0.2, 0.25) is 0 Å². The molecule has 0 aliphatic carbocycles. The predicted molar refractivity (Wildman–Crippen MR) is 69.5 cm³/mol. The van der Waals surface area contributed by atoms with E-state index in [0.717, 1.165) is 12.1 Å². The molecule has 0 atom stereocenters. The standard InChI is InChI=1S/C11H13F2N5O2S/c12-8-3-7(5-14)4-9(11(8)13)21(19,20)17-2-1-10-15-6-16-18-10/h3-4,6,17H,1-2,5,14H2,(H,15,16,18). The lowest BCUT2D eigenvalue weighted by atomic mass is 10.2. The highest BCUT2D eigenvalue weighted by Crippen LogP contribution is 2.19. The van der Waals surface area contributed by atoms with Crippen molar-refractivity contribution in [3.63, 3.8) is 0 Å². The summed E-state index contributed by atoms with van der Waals surface area (Å²) in [6.45, 7) is -0.136. The van der Waals surface area contributed by atoms with E-state index in [9.17, 15) is 17.2 Å². The molecule has 0 spiro atoms. The van der Waals surface area contributed by atoms with Gasteiger partial charge in [0, 0.05) is 19.5 Å². The van der Waals surface area contributed by atoms with Crippen molar-refractivity contribution >= 4 is 10.0 Å². The van der Waals surface area contributed by atoms with E-state index in [4.69, 9.17) is 5.73 Å². The maximum Gasteiger partial charge on any atom is 0.243 e. The number of benzene rings is 1. The zero-order valence-corrected chi connectivity index (χ0v) is 11.6. The van der Waals surface area contributed by atoms with E-state index in [-0.39, 0.29) is 25.1 Å². The molecule has 10 heteroatoms. The third-order valence-corrected chi connectivity index (χ3v) is 4.16. The largest absolute Gasteiger partial charge is 0.326 e. The topological polar surface area (TPSA) is 114 Å². The van der Waals surface area contributed by atoms with Gasteiger partial charge in [-0.1, -0.05) is 0 Å². The van der Waals surface area contributed by atoms with Crippen molar-refractivity contribution in [3.8, 4) is 0 Å². The number of hydrogen-bond acceptors (Lipinski definition) is 5. The van der Waals surface area contributed by atoms with Crippen LogP contribution in [-0.4, -0.2) is 30.1 Å². The summed E-state index contributed by atoms with van der Waals surface area (Å²) in [5.74, 6) is -2.21. The summed E-state index contributed by atoms with van der Waals surface area (Å²) in [6.07, 6.45) is 1.52. The molecular weight excluding hydrogens is 304 g/mol. The van der Waals surface area contributed by atoms with E-state index in [1.54, 1.807) is 0 Å². The Balaban J connectivity index is 2.17. The second-order valence-corrected chi connectivity index (χ2v) is 5.91. The van der Waals surface area contributed by atoms with Gasteiger partial charge in [-0.3, -0.25) is 5.10 Å². The Kier molecular flexibility index (Phi) is 4.60. The first kappa shape index (κ1) is 15.5. The highest BCUT2D eigenvalue weighted by molar-refractivity contribution is 7.89. The molecule has 0 saturated heterocycles. The van der Waals surface area contributed by atoms with Gasteiger partial charge in [-0.15, -0.1) is 0 Å². The van der Waals surface area contributed by atoms with Crippen LogP contribution in [0.5, 0.6) is 0 Å². The van der Waals surface area contributed by atoms with Crippen molar-refractivity contribution < 1.29 is 17.2 Å². The minimum Gasteiger partial charge on any atom is -0.326 e. The molecule has 0 radical (unpaired) electrons. The summed E-state index contributed by atoms with van der Waals surface area (Å²) in [5, 5.41) is 6.16. The third-order valence-electron chi connectivity index (χ3n) is 2.70. The van der Waals surface area contributed by atoms with E-state index in [0.29, 0.717) is 5.82 Å². The van der Waals surface area contributed by atoms with Crippen LogP contribution in [-0.2, 0) is 23.0 Å². The first-order chi connectivity index (χ1) is 9.94. The maximum absolute atomic E-state index is 13.7. The van der Waals surface area contributed by atoms with E-state index >= 15 is 0 Å². The fraction of sp³-hybridized carbons (Fsp3) is 0.273. The van der Waals surface area contributed by atoms with E-state index in [1.807, 2.05) is 0 Å². The number of H-pyrrole nitrogens is 1. The Hall–Kier alpha value is -1.91. The Bertz CT molecular complexity index is 718. The zero-order chi connectivity index (χ0) is 15.5. The van der Waals surface area contributed by atoms with E-state index in [1.165, 1.54) is 6.33 Å². The molecule has 114 valence electrons. The minimum atomic E-state index is -4.18. The fourth-order valence-corrected chi connectivity index (χ4v) is 2.83. The number of aromatic amines is 1. The SMILES string of the molecule is NCc1cc(F)c(F)c(S(=O)(=O)NCCc2ncn[nH]2)c1. The minimum absolute atomic E-state index is 0.0363. The molecule has 1 aromatic carbocycles. The van der Waals surface area contributed by atoms with Gasteiger partial charge in [0.15, 0.2) is 11.6 Å². The molecule has 0 amide bonds. The Labute approximate surface area is 119 Å². The quantitative estimate of drug-likeness (QED) is 0.697. The monoisotopic (exact) mass is 317 g/mol. The van der Waals surface area contributed by atoms with Crippen LogP contribution < -0.4 is 10.5 Å². The Morgan fingerprint density at radius 1 is 1.33 bits per heavy atom. The Morgan fingerprint density at radius 2 is 2.10 bits per heavy atom. The number of hydrogen-bond donors (Lipinski definition) is 3. The molecule has 0 fully saturated rings. The first-order valence-corrected chi connectivity index (χ1v) is 7.44. The van der Waals surface area contributed by atoms with Gasteiger partial charge in [-0.25, -0.2) is 26.9 Å². The van der Waals surface area contributed by atoms with Gasteiger partial charge in [-0.05, 0) is 17.7 Å². The van der Waals surface area contributed by atoms with Gasteiger partial charge in [0.1, 0.15) is 17.0 Å². The van der Waals surface area contributed by atoms with Crippen LogP contribution in [0.15, 0.2) is 23.4 Å². The Morgan fingerprint density at radius 3 is 2.71 bits per heavy atom. The van der Waals surface area contributed by atoms with E-state index in [2.05, 4.69) is 19.9 Å². The summed E-state index contributed by atoms with van der Waals surface area (Å²) in [5.41, 5.74) is 5.51. The second-order valence-electron chi connectivity index (χ2n) is 4.17. The van der Waals surface area contributed by atoms with Gasteiger partial charge < -0.3 is 5.73 Å². The van der Waals surface area contributed by atoms with Gasteiger partial charge in [0.05, 0.1) is 0 Å². The summed E-state index contributed by atoms with van der Waals surface area (Å²) >= 11 is 0. The second kappa shape index (κ2) is 6.24. The number of nitrogens with zero attached hydrogens (tertiary/aromatic N) is 2. The molecule has 4 N–H and O–H groups in total. The number of halogens is 2. The van der Waals surface area contributed by atoms with Crippen molar-refractivity contribution in [3.05, 3.63) is 41.5 Å². The van der Waals surface area contributed by atoms with Crippen molar-refractivity contribution in [2.45, 2.75) is 17.9 Å². The normalized spacial score (nSPS) is 11.8. The number of nitrogens with two attached hydrogens (primary N) is 1. The highest BCUT2D eigenvalue weighted by atomic mass is 32.2. The van der Waals surface area contributed by atoms with Crippen LogP contribution in [0.25, 0.3) is 0 Å². The van der Waals surface area contributed by atoms with Crippen LogP contribution in [0.3, 0.4) is 0 Å². The molecule has 21 heavy (non-hydrogen) atoms. The molecule has 2 aromatic rings. The molecule has 0 saturated carbocycles. The molecule has 7 nitrogen and oxygen atoms in total. The average Bonchev–Trinajstić information content (AvgIpc) is 2.94. The van der Waals surface area contributed by atoms with Crippen LogP contribution >= 0.6 is 0 Å². The van der Waals surface area contributed by atoms with Gasteiger partial charge in [0.25, 0.3) is 0 Å². The summed E-state index contributed by atoms with van der Waals surface area (Å²) in [6, 6.07) is 1.87. The van der Waals surface area contributed by atoms with Crippen molar-refractivity contribution in [1.82, 2.24) is 19.9 Å². The molecule has 0 aliphatic rings. The molecular formula is C11H13F2N5O2S. The maximum atomic E-state index is 13.7. The number of nitrogens with one attached hydrogen (secondary N) is 2. The number of sulfonamides is 1. The zero-order valence-electron chi connectivity index (χ0n) is 10.8. The van der Waals surface area contributed by atoms with Crippen molar-refractivity contribution in [2.24, 2.45) is 5.73 Å². The van der Waals surface area contributed by atoms with Gasteiger partial charge in [0.2, 0.25) is 10.0 Å². The summed E-state index contributed by atoms with van der Waals surface area (Å²) in [7, 11) is -4.18. The van der Waals surface area contributed by atoms with Gasteiger partial charge in [-0.2, -0.15) is 5.10 Å². The van der Waals surface area contributed by atoms with Crippen LogP contribution in [0, 0.1) is 11.6 Å². The summed E-state index contributed by atoms with van der Waals surface area (Å²) < 4.78 is 53.2. The highest BCUT2D eigenvalue weighted by Gasteiger charge is 2.22. The molecule has 0 unspecified atom stereocenters. The number of aromatic nitrogens is 3. The van der Waals surface area contributed by atoms with Gasteiger partial charge >= 0.3 is 0 Å². The van der Waals surface area contributed by atoms with Crippen molar-refractivity contribution in [2.75, 3.05) is 6.54 Å². The predicted octanol–water partition coefficient (Wildman–Crippen LogP) is 0.0626. The third kappa shape index (κ3) is 3.60. The van der Waals surface area contributed by atoms with Crippen molar-refractivity contribution in [1.29, 1.82) is 0 Å². The smallest absolute Gasteiger partial charge is 0.243 e. The molecule has 2 rings (SSSR count). The molecule has 1 heterocycles. The molecule has 0 aliphatic heterocycles. The average molecular weight is 317 g/mol. The number of rotatable bonds is 6. The molecule has 1 aromatic heterocycles. The summed E-state index contributed by atoms with van der Waals surface area (Å²) in [4.78, 5) is 3.05. The lowest BCUT2D eigenvalue weighted by Gasteiger charge is -2.09. The first-order valence-electron chi connectivity index (χ1n) is 5.96. The van der Waals surface area contributed by atoms with Crippen LogP contribution in [0.4, 0.5) is 8.78 Å².